The summed E-state index contributed by atoms with van der Waals surface area (Å²) in [5.74, 6) is -0.995. The van der Waals surface area contributed by atoms with Crippen molar-refractivity contribution >= 4 is 28.7 Å². The van der Waals surface area contributed by atoms with Crippen molar-refractivity contribution < 1.29 is 28.6 Å². The normalized spacial score (nSPS) is 14.5. The number of benzene rings is 2. The first-order valence-corrected chi connectivity index (χ1v) is 9.93. The van der Waals surface area contributed by atoms with Crippen molar-refractivity contribution in [2.75, 3.05) is 13.2 Å². The number of rotatable bonds is 4. The van der Waals surface area contributed by atoms with Crippen molar-refractivity contribution in [2.24, 2.45) is 0 Å². The minimum atomic E-state index is -0.928. The standard InChI is InChI=1S/C23H21N3O6/c1-13-7-8-17-15(9-13)10-16(14(2)24-17)23(29)31-12-21(27)25-26-22(28)20-11-30-18-5-3-4-6-19(18)32-20/h3-10,20H,11-12H2,1-2H3,(H,25,27)(H,26,28). The molecule has 0 fully saturated rings. The van der Waals surface area contributed by atoms with Crippen LogP contribution < -0.4 is 20.3 Å². The highest BCUT2D eigenvalue weighted by Crippen LogP contribution is 2.30. The van der Waals surface area contributed by atoms with Gasteiger partial charge >= 0.3 is 5.97 Å². The molecule has 3 aromatic rings. The van der Waals surface area contributed by atoms with Gasteiger partial charge in [-0.2, -0.15) is 0 Å². The van der Waals surface area contributed by atoms with Crippen LogP contribution in [0.2, 0.25) is 0 Å². The maximum Gasteiger partial charge on any atom is 0.340 e. The van der Waals surface area contributed by atoms with Crippen LogP contribution in [0.15, 0.2) is 48.5 Å². The first-order chi connectivity index (χ1) is 15.4. The summed E-state index contributed by atoms with van der Waals surface area (Å²) in [6.45, 7) is 3.07. The van der Waals surface area contributed by atoms with E-state index in [1.807, 2.05) is 25.1 Å². The van der Waals surface area contributed by atoms with Crippen LogP contribution in [0.5, 0.6) is 11.5 Å². The van der Waals surface area contributed by atoms with Gasteiger partial charge in [-0.25, -0.2) is 4.79 Å². The zero-order chi connectivity index (χ0) is 22.7. The predicted molar refractivity (Wildman–Crippen MR) is 114 cm³/mol. The Labute approximate surface area is 183 Å². The molecule has 2 aromatic carbocycles. The number of esters is 1. The van der Waals surface area contributed by atoms with Gasteiger partial charge in [0.15, 0.2) is 18.1 Å². The van der Waals surface area contributed by atoms with Crippen LogP contribution in [0.3, 0.4) is 0 Å². The number of amides is 2. The fraction of sp³-hybridized carbons (Fsp3) is 0.217. The Morgan fingerprint density at radius 3 is 2.66 bits per heavy atom. The zero-order valence-electron chi connectivity index (χ0n) is 17.5. The molecule has 164 valence electrons. The predicted octanol–water partition coefficient (Wildman–Crippen LogP) is 2.00. The SMILES string of the molecule is Cc1ccc2nc(C)c(C(=O)OCC(=O)NNC(=O)C3COc4ccccc4O3)cc2c1. The molecule has 0 bridgehead atoms. The number of fused-ring (bicyclic) bond motifs is 2. The molecule has 4 rings (SSSR count). The Morgan fingerprint density at radius 1 is 1.06 bits per heavy atom. The van der Waals surface area contributed by atoms with Crippen LogP contribution in [0, 0.1) is 13.8 Å². The number of carbonyl (C=O) groups excluding carboxylic acids is 3. The third-order valence-electron chi connectivity index (χ3n) is 4.84. The molecule has 1 aromatic heterocycles. The van der Waals surface area contributed by atoms with E-state index < -0.39 is 30.5 Å². The molecule has 9 heteroatoms. The first-order valence-electron chi connectivity index (χ1n) is 9.93. The largest absolute Gasteiger partial charge is 0.485 e. The number of carbonyl (C=O) groups is 3. The first kappa shape index (κ1) is 21.1. The van der Waals surface area contributed by atoms with E-state index >= 15 is 0 Å². The minimum absolute atomic E-state index is 0.00141. The van der Waals surface area contributed by atoms with Crippen molar-refractivity contribution in [3.05, 3.63) is 65.4 Å². The highest BCUT2D eigenvalue weighted by atomic mass is 16.6. The van der Waals surface area contributed by atoms with Crippen molar-refractivity contribution in [1.82, 2.24) is 15.8 Å². The molecule has 32 heavy (non-hydrogen) atoms. The number of ether oxygens (including phenoxy) is 3. The van der Waals surface area contributed by atoms with E-state index in [2.05, 4.69) is 15.8 Å². The lowest BCUT2D eigenvalue weighted by Gasteiger charge is -2.25. The number of pyridine rings is 1. The summed E-state index contributed by atoms with van der Waals surface area (Å²) in [6.07, 6.45) is -0.928. The fourth-order valence-electron chi connectivity index (χ4n) is 3.20. The van der Waals surface area contributed by atoms with Crippen molar-refractivity contribution in [1.29, 1.82) is 0 Å². The van der Waals surface area contributed by atoms with Gasteiger partial charge in [-0.3, -0.25) is 25.4 Å². The molecular formula is C23H21N3O6. The van der Waals surface area contributed by atoms with Crippen LogP contribution in [-0.4, -0.2) is 42.1 Å². The van der Waals surface area contributed by atoms with Gasteiger partial charge in [0.1, 0.15) is 6.61 Å². The van der Waals surface area contributed by atoms with Gasteiger partial charge in [0, 0.05) is 5.39 Å². The molecule has 2 amide bonds. The van der Waals surface area contributed by atoms with Gasteiger partial charge in [-0.15, -0.1) is 0 Å². The quantitative estimate of drug-likeness (QED) is 0.476. The summed E-state index contributed by atoms with van der Waals surface area (Å²) in [5, 5.41) is 0.801. The van der Waals surface area contributed by atoms with Crippen molar-refractivity contribution in [3.63, 3.8) is 0 Å². The van der Waals surface area contributed by atoms with Gasteiger partial charge in [0.25, 0.3) is 11.8 Å². The molecule has 0 radical (unpaired) electrons. The average Bonchev–Trinajstić information content (AvgIpc) is 2.80. The highest BCUT2D eigenvalue weighted by Gasteiger charge is 2.27. The van der Waals surface area contributed by atoms with Gasteiger partial charge in [0.05, 0.1) is 16.8 Å². The molecule has 2 N–H and O–H groups in total. The molecule has 0 saturated carbocycles. The van der Waals surface area contributed by atoms with Gasteiger partial charge in [-0.05, 0) is 44.2 Å². The minimum Gasteiger partial charge on any atom is -0.485 e. The van der Waals surface area contributed by atoms with E-state index in [1.54, 1.807) is 37.3 Å². The monoisotopic (exact) mass is 435 g/mol. The Kier molecular flexibility index (Phi) is 5.89. The number of hydrogen-bond donors (Lipinski definition) is 2. The second kappa shape index (κ2) is 8.93. The van der Waals surface area contributed by atoms with Crippen molar-refractivity contribution in [3.8, 4) is 11.5 Å². The van der Waals surface area contributed by atoms with E-state index in [9.17, 15) is 14.4 Å². The lowest BCUT2D eigenvalue weighted by molar-refractivity contribution is -0.135. The Balaban J connectivity index is 1.29. The number of para-hydroxylation sites is 2. The summed E-state index contributed by atoms with van der Waals surface area (Å²) in [6, 6.07) is 14.4. The second-order valence-electron chi connectivity index (χ2n) is 7.30. The topological polar surface area (TPSA) is 116 Å². The van der Waals surface area contributed by atoms with E-state index in [0.717, 1.165) is 16.5 Å². The molecule has 0 spiro atoms. The number of nitrogens with zero attached hydrogens (tertiary/aromatic N) is 1. The average molecular weight is 435 g/mol. The number of nitrogens with one attached hydrogen (secondary N) is 2. The third-order valence-corrected chi connectivity index (χ3v) is 4.84. The Bertz CT molecular complexity index is 1210. The van der Waals surface area contributed by atoms with Gasteiger partial charge < -0.3 is 14.2 Å². The van der Waals surface area contributed by atoms with E-state index in [-0.39, 0.29) is 12.2 Å². The summed E-state index contributed by atoms with van der Waals surface area (Å²) >= 11 is 0. The second-order valence-corrected chi connectivity index (χ2v) is 7.30. The molecule has 0 saturated heterocycles. The summed E-state index contributed by atoms with van der Waals surface area (Å²) < 4.78 is 16.1. The number of aryl methyl sites for hydroxylation is 2. The van der Waals surface area contributed by atoms with Crippen LogP contribution in [0.1, 0.15) is 21.6 Å². The molecule has 1 unspecified atom stereocenters. The van der Waals surface area contributed by atoms with E-state index in [0.29, 0.717) is 17.2 Å². The molecule has 2 heterocycles. The summed E-state index contributed by atoms with van der Waals surface area (Å²) in [7, 11) is 0. The highest BCUT2D eigenvalue weighted by molar-refractivity contribution is 5.96. The number of aromatic nitrogens is 1. The van der Waals surface area contributed by atoms with Crippen LogP contribution in [-0.2, 0) is 14.3 Å². The maximum atomic E-state index is 12.4. The molecule has 1 aliphatic rings. The molecular weight excluding hydrogens is 414 g/mol. The van der Waals surface area contributed by atoms with Crippen LogP contribution in [0.4, 0.5) is 0 Å². The summed E-state index contributed by atoms with van der Waals surface area (Å²) in [4.78, 5) is 41.1. The van der Waals surface area contributed by atoms with E-state index in [4.69, 9.17) is 14.2 Å². The lowest BCUT2D eigenvalue weighted by Crippen LogP contribution is -2.51. The summed E-state index contributed by atoms with van der Waals surface area (Å²) in [5.41, 5.74) is 7.00. The number of hydrazine groups is 1. The van der Waals surface area contributed by atoms with Crippen LogP contribution in [0.25, 0.3) is 10.9 Å². The molecule has 9 nitrogen and oxygen atoms in total. The van der Waals surface area contributed by atoms with Gasteiger partial charge in [0.2, 0.25) is 6.10 Å². The zero-order valence-corrected chi connectivity index (χ0v) is 17.5. The smallest absolute Gasteiger partial charge is 0.340 e. The maximum absolute atomic E-state index is 12.4. The van der Waals surface area contributed by atoms with Crippen molar-refractivity contribution in [2.45, 2.75) is 20.0 Å². The molecule has 1 atom stereocenters. The third kappa shape index (κ3) is 4.61. The van der Waals surface area contributed by atoms with Crippen LogP contribution >= 0.6 is 0 Å². The Morgan fingerprint density at radius 2 is 1.84 bits per heavy atom. The molecule has 1 aliphatic heterocycles. The molecule has 0 aliphatic carbocycles. The Hall–Kier alpha value is -4.14. The lowest BCUT2D eigenvalue weighted by atomic mass is 10.1. The fourth-order valence-corrected chi connectivity index (χ4v) is 3.20. The van der Waals surface area contributed by atoms with E-state index in [1.165, 1.54) is 0 Å². The van der Waals surface area contributed by atoms with Gasteiger partial charge in [-0.1, -0.05) is 23.8 Å². The number of hydrogen-bond acceptors (Lipinski definition) is 7.